The highest BCUT2D eigenvalue weighted by molar-refractivity contribution is 5.90. The predicted octanol–water partition coefficient (Wildman–Crippen LogP) is 1.54. The molecule has 0 aliphatic carbocycles. The minimum Gasteiger partial charge on any atom is -0.396 e. The van der Waals surface area contributed by atoms with E-state index in [9.17, 15) is 14.3 Å². The Morgan fingerprint density at radius 3 is 2.76 bits per heavy atom. The third kappa shape index (κ3) is 3.93. The molecule has 1 aromatic carbocycles. The van der Waals surface area contributed by atoms with E-state index < -0.39 is 5.91 Å². The summed E-state index contributed by atoms with van der Waals surface area (Å²) < 4.78 is 13.1. The van der Waals surface area contributed by atoms with Gasteiger partial charge in [0.2, 0.25) is 0 Å². The van der Waals surface area contributed by atoms with E-state index >= 15 is 0 Å². The number of nitrogens with zero attached hydrogens (tertiary/aromatic N) is 3. The molecule has 3 rings (SSSR count). The van der Waals surface area contributed by atoms with E-state index in [0.717, 1.165) is 24.9 Å². The van der Waals surface area contributed by atoms with Gasteiger partial charge in [-0.1, -0.05) is 12.1 Å². The number of anilines is 1. The number of piperidine rings is 1. The molecule has 0 radical (unpaired) electrons. The van der Waals surface area contributed by atoms with Gasteiger partial charge in [-0.2, -0.15) is 0 Å². The van der Waals surface area contributed by atoms with E-state index in [1.165, 1.54) is 18.3 Å². The van der Waals surface area contributed by atoms with Gasteiger partial charge in [0.05, 0.1) is 19.0 Å². The Kier molecular flexibility index (Phi) is 4.94. The lowest BCUT2D eigenvalue weighted by molar-refractivity contribution is 0.0993. The number of nitrogens with two attached hydrogens (primary N) is 1. The van der Waals surface area contributed by atoms with E-state index in [-0.39, 0.29) is 23.5 Å². The average molecular weight is 344 g/mol. The van der Waals surface area contributed by atoms with Crippen molar-refractivity contribution in [2.24, 2.45) is 11.1 Å². The van der Waals surface area contributed by atoms with Gasteiger partial charge >= 0.3 is 0 Å². The molecule has 6 nitrogen and oxygen atoms in total. The van der Waals surface area contributed by atoms with Gasteiger partial charge in [0.15, 0.2) is 0 Å². The first-order chi connectivity index (χ1) is 12.0. The molecule has 0 unspecified atom stereocenters. The van der Waals surface area contributed by atoms with E-state index in [1.807, 2.05) is 4.90 Å². The number of primary amides is 1. The Hall–Kier alpha value is -2.54. The molecule has 0 bridgehead atoms. The van der Waals surface area contributed by atoms with Gasteiger partial charge in [-0.15, -0.1) is 0 Å². The molecule has 1 aliphatic rings. The van der Waals surface area contributed by atoms with Crippen LogP contribution in [0, 0.1) is 11.2 Å². The summed E-state index contributed by atoms with van der Waals surface area (Å²) >= 11 is 0. The minimum absolute atomic E-state index is 0.0177. The molecule has 1 amide bonds. The minimum atomic E-state index is -0.619. The maximum Gasteiger partial charge on any atom is 0.268 e. The maximum absolute atomic E-state index is 13.1. The normalized spacial score (nSPS) is 20.5. The van der Waals surface area contributed by atoms with Crippen LogP contribution in [0.15, 0.2) is 36.7 Å². The first kappa shape index (κ1) is 17.3. The van der Waals surface area contributed by atoms with Crippen molar-refractivity contribution in [2.45, 2.75) is 19.3 Å². The number of carbonyl (C=O) groups excluding carboxylic acids is 1. The number of amides is 1. The first-order valence-corrected chi connectivity index (χ1v) is 8.23. The van der Waals surface area contributed by atoms with Crippen molar-refractivity contribution in [3.63, 3.8) is 0 Å². The Labute approximate surface area is 145 Å². The number of hydrogen-bond acceptors (Lipinski definition) is 5. The lowest BCUT2D eigenvalue weighted by atomic mass is 9.76. The summed E-state index contributed by atoms with van der Waals surface area (Å²) in [7, 11) is 0. The van der Waals surface area contributed by atoms with Gasteiger partial charge in [-0.05, 0) is 37.0 Å². The standard InChI is InChI=1S/C18H21FN4O2/c19-14-4-2-13(3-5-14)8-18(12-24)6-1-7-23(11-18)16-10-21-9-15(22-16)17(20)25/h2-5,9-10,24H,1,6-8,11-12H2,(H2,20,25)/t18-/m0/s1. The Morgan fingerprint density at radius 1 is 1.32 bits per heavy atom. The van der Waals surface area contributed by atoms with Crippen LogP contribution in [0.2, 0.25) is 0 Å². The quantitative estimate of drug-likeness (QED) is 0.858. The zero-order chi connectivity index (χ0) is 17.9. The van der Waals surface area contributed by atoms with Crippen LogP contribution in [0.4, 0.5) is 10.2 Å². The van der Waals surface area contributed by atoms with E-state index in [4.69, 9.17) is 5.73 Å². The van der Waals surface area contributed by atoms with Crippen LogP contribution < -0.4 is 10.6 Å². The number of aliphatic hydroxyl groups is 1. The number of rotatable bonds is 5. The van der Waals surface area contributed by atoms with Crippen LogP contribution >= 0.6 is 0 Å². The number of aliphatic hydroxyl groups excluding tert-OH is 1. The molecule has 132 valence electrons. The second-order valence-electron chi connectivity index (χ2n) is 6.61. The Balaban J connectivity index is 1.81. The van der Waals surface area contributed by atoms with Crippen molar-refractivity contribution in [2.75, 3.05) is 24.6 Å². The SMILES string of the molecule is NC(=O)c1cncc(N2CCC[C@](CO)(Cc3ccc(F)cc3)C2)n1. The molecule has 1 aliphatic heterocycles. The number of halogens is 1. The third-order valence-corrected chi connectivity index (χ3v) is 4.69. The number of carbonyl (C=O) groups is 1. The van der Waals surface area contributed by atoms with Crippen molar-refractivity contribution in [3.05, 3.63) is 53.7 Å². The molecule has 7 heteroatoms. The van der Waals surface area contributed by atoms with Gasteiger partial charge in [-0.25, -0.2) is 9.37 Å². The molecule has 3 N–H and O–H groups in total. The molecular formula is C18H21FN4O2. The monoisotopic (exact) mass is 344 g/mol. The molecule has 1 aromatic heterocycles. The molecule has 2 aromatic rings. The second-order valence-corrected chi connectivity index (χ2v) is 6.61. The van der Waals surface area contributed by atoms with Crippen molar-refractivity contribution < 1.29 is 14.3 Å². The average Bonchev–Trinajstić information content (AvgIpc) is 2.64. The summed E-state index contributed by atoms with van der Waals surface area (Å²) in [6.07, 6.45) is 5.32. The van der Waals surface area contributed by atoms with Crippen molar-refractivity contribution >= 4 is 11.7 Å². The lowest BCUT2D eigenvalue weighted by Crippen LogP contribution is -2.47. The van der Waals surface area contributed by atoms with E-state index in [1.54, 1.807) is 18.3 Å². The maximum atomic E-state index is 13.1. The Morgan fingerprint density at radius 2 is 2.08 bits per heavy atom. The number of hydrogen-bond donors (Lipinski definition) is 2. The van der Waals surface area contributed by atoms with Crippen molar-refractivity contribution in [1.82, 2.24) is 9.97 Å². The summed E-state index contributed by atoms with van der Waals surface area (Å²) in [6.45, 7) is 1.36. The molecule has 1 atom stereocenters. The molecule has 2 heterocycles. The van der Waals surface area contributed by atoms with E-state index in [2.05, 4.69) is 9.97 Å². The number of aromatic nitrogens is 2. The van der Waals surface area contributed by atoms with Crippen LogP contribution in [0.5, 0.6) is 0 Å². The van der Waals surface area contributed by atoms with Gasteiger partial charge in [0, 0.05) is 18.5 Å². The van der Waals surface area contributed by atoms with Crippen LogP contribution in [0.1, 0.15) is 28.9 Å². The highest BCUT2D eigenvalue weighted by atomic mass is 19.1. The summed E-state index contributed by atoms with van der Waals surface area (Å²) in [6, 6.07) is 6.37. The first-order valence-electron chi connectivity index (χ1n) is 8.23. The molecule has 1 fully saturated rings. The van der Waals surface area contributed by atoms with Crippen LogP contribution in [0.3, 0.4) is 0 Å². The highest BCUT2D eigenvalue weighted by Gasteiger charge is 2.36. The van der Waals surface area contributed by atoms with Gasteiger partial charge in [-0.3, -0.25) is 9.78 Å². The molecule has 25 heavy (non-hydrogen) atoms. The van der Waals surface area contributed by atoms with Crippen LogP contribution in [-0.4, -0.2) is 40.7 Å². The van der Waals surface area contributed by atoms with E-state index in [0.29, 0.717) is 18.8 Å². The summed E-state index contributed by atoms with van der Waals surface area (Å²) in [4.78, 5) is 21.6. The fourth-order valence-corrected chi connectivity index (χ4v) is 3.39. The van der Waals surface area contributed by atoms with Gasteiger partial charge < -0.3 is 15.7 Å². The molecule has 0 spiro atoms. The third-order valence-electron chi connectivity index (χ3n) is 4.69. The smallest absolute Gasteiger partial charge is 0.268 e. The van der Waals surface area contributed by atoms with Crippen LogP contribution in [-0.2, 0) is 6.42 Å². The highest BCUT2D eigenvalue weighted by Crippen LogP contribution is 2.35. The van der Waals surface area contributed by atoms with Crippen LogP contribution in [0.25, 0.3) is 0 Å². The number of benzene rings is 1. The summed E-state index contributed by atoms with van der Waals surface area (Å²) in [5, 5.41) is 10.1. The largest absolute Gasteiger partial charge is 0.396 e. The fraction of sp³-hybridized carbons (Fsp3) is 0.389. The zero-order valence-corrected chi connectivity index (χ0v) is 13.9. The topological polar surface area (TPSA) is 92.3 Å². The Bertz CT molecular complexity index is 753. The van der Waals surface area contributed by atoms with Crippen molar-refractivity contribution in [1.29, 1.82) is 0 Å². The summed E-state index contributed by atoms with van der Waals surface area (Å²) in [5.74, 6) is -0.315. The fourth-order valence-electron chi connectivity index (χ4n) is 3.39. The van der Waals surface area contributed by atoms with Gasteiger partial charge in [0.1, 0.15) is 17.3 Å². The lowest BCUT2D eigenvalue weighted by Gasteiger charge is -2.42. The summed E-state index contributed by atoms with van der Waals surface area (Å²) in [5.41, 5.74) is 6.03. The zero-order valence-electron chi connectivity index (χ0n) is 13.9. The molecule has 1 saturated heterocycles. The predicted molar refractivity (Wildman–Crippen MR) is 91.6 cm³/mol. The molecule has 0 saturated carbocycles. The second kappa shape index (κ2) is 7.14. The van der Waals surface area contributed by atoms with Crippen molar-refractivity contribution in [3.8, 4) is 0 Å². The molecular weight excluding hydrogens is 323 g/mol. The van der Waals surface area contributed by atoms with Gasteiger partial charge in [0.25, 0.3) is 5.91 Å².